The lowest BCUT2D eigenvalue weighted by atomic mass is 9.80. The van der Waals surface area contributed by atoms with E-state index in [1.165, 1.54) is 6.42 Å². The first-order valence-corrected chi connectivity index (χ1v) is 5.29. The Labute approximate surface area is 84.1 Å². The van der Waals surface area contributed by atoms with E-state index in [2.05, 4.69) is 5.10 Å². The van der Waals surface area contributed by atoms with Gasteiger partial charge in [-0.25, -0.2) is 0 Å². The van der Waals surface area contributed by atoms with Crippen molar-refractivity contribution in [2.24, 2.45) is 13.0 Å². The van der Waals surface area contributed by atoms with E-state index < -0.39 is 0 Å². The Morgan fingerprint density at radius 1 is 1.64 bits per heavy atom. The molecule has 0 aromatic carbocycles. The van der Waals surface area contributed by atoms with Crippen LogP contribution >= 0.6 is 0 Å². The van der Waals surface area contributed by atoms with Gasteiger partial charge in [0.25, 0.3) is 0 Å². The zero-order chi connectivity index (χ0) is 10.1. The Kier molecular flexibility index (Phi) is 2.40. The molecule has 0 aliphatic heterocycles. The van der Waals surface area contributed by atoms with Crippen LogP contribution in [0.2, 0.25) is 0 Å². The van der Waals surface area contributed by atoms with Crippen LogP contribution in [-0.4, -0.2) is 15.6 Å². The second kappa shape index (κ2) is 3.56. The summed E-state index contributed by atoms with van der Waals surface area (Å²) in [6, 6.07) is 0. The molecule has 0 saturated heterocycles. The zero-order valence-corrected chi connectivity index (χ0v) is 8.79. The molecule has 0 radical (unpaired) electrons. The van der Waals surface area contributed by atoms with E-state index in [1.807, 2.05) is 20.2 Å². The van der Waals surface area contributed by atoms with Crippen molar-refractivity contribution in [1.82, 2.24) is 9.78 Å². The van der Waals surface area contributed by atoms with Gasteiger partial charge in [-0.05, 0) is 19.3 Å². The number of carbonyl (C=O) groups is 1. The van der Waals surface area contributed by atoms with Gasteiger partial charge in [0, 0.05) is 19.2 Å². The van der Waals surface area contributed by atoms with Crippen molar-refractivity contribution in [2.45, 2.75) is 32.6 Å². The van der Waals surface area contributed by atoms with E-state index in [1.54, 1.807) is 4.68 Å². The molecule has 0 atom stereocenters. The van der Waals surface area contributed by atoms with Gasteiger partial charge in [-0.1, -0.05) is 13.3 Å². The van der Waals surface area contributed by atoms with Gasteiger partial charge < -0.3 is 0 Å². The van der Waals surface area contributed by atoms with Crippen LogP contribution in [0.15, 0.2) is 6.20 Å². The predicted octanol–water partition coefficient (Wildman–Crippen LogP) is 1.97. The van der Waals surface area contributed by atoms with Crippen LogP contribution in [0.5, 0.6) is 0 Å². The van der Waals surface area contributed by atoms with Crippen molar-refractivity contribution in [2.75, 3.05) is 0 Å². The monoisotopic (exact) mass is 192 g/mol. The molecule has 1 aliphatic rings. The van der Waals surface area contributed by atoms with E-state index in [0.29, 0.717) is 5.78 Å². The van der Waals surface area contributed by atoms with Gasteiger partial charge in [0.15, 0.2) is 5.78 Å². The lowest BCUT2D eigenvalue weighted by Crippen LogP contribution is -2.22. The van der Waals surface area contributed by atoms with Gasteiger partial charge in [0.05, 0.1) is 11.3 Å². The summed E-state index contributed by atoms with van der Waals surface area (Å²) < 4.78 is 1.74. The molecule has 1 aromatic rings. The maximum Gasteiger partial charge on any atom is 0.169 e. The second-order valence-corrected chi connectivity index (χ2v) is 4.01. The van der Waals surface area contributed by atoms with Gasteiger partial charge in [0.2, 0.25) is 0 Å². The summed E-state index contributed by atoms with van der Waals surface area (Å²) >= 11 is 0. The Bertz CT molecular complexity index is 350. The molecule has 0 unspecified atom stereocenters. The van der Waals surface area contributed by atoms with Crippen LogP contribution in [0.3, 0.4) is 0 Å². The molecule has 1 fully saturated rings. The molecule has 2 rings (SSSR count). The fraction of sp³-hybridized carbons (Fsp3) is 0.636. The van der Waals surface area contributed by atoms with Crippen molar-refractivity contribution in [1.29, 1.82) is 0 Å². The Morgan fingerprint density at radius 3 is 2.86 bits per heavy atom. The standard InChI is InChI=1S/C11H16N2O/c1-3-10-9(7-13(2)12-10)11(14)8-5-4-6-8/h7-8H,3-6H2,1-2H3. The normalized spacial score (nSPS) is 16.7. The van der Waals surface area contributed by atoms with Crippen LogP contribution in [0, 0.1) is 5.92 Å². The molecule has 0 amide bonds. The highest BCUT2D eigenvalue weighted by atomic mass is 16.1. The minimum atomic E-state index is 0.282. The van der Waals surface area contributed by atoms with E-state index in [-0.39, 0.29) is 5.92 Å². The van der Waals surface area contributed by atoms with Crippen molar-refractivity contribution < 1.29 is 4.79 Å². The highest BCUT2D eigenvalue weighted by molar-refractivity contribution is 5.99. The van der Waals surface area contributed by atoms with Gasteiger partial charge in [-0.2, -0.15) is 5.10 Å². The summed E-state index contributed by atoms with van der Waals surface area (Å²) in [4.78, 5) is 12.0. The highest BCUT2D eigenvalue weighted by Gasteiger charge is 2.28. The molecule has 14 heavy (non-hydrogen) atoms. The van der Waals surface area contributed by atoms with Gasteiger partial charge in [-0.15, -0.1) is 0 Å². The van der Waals surface area contributed by atoms with Gasteiger partial charge in [0.1, 0.15) is 0 Å². The molecule has 1 heterocycles. The molecule has 1 aromatic heterocycles. The number of aryl methyl sites for hydroxylation is 2. The number of carbonyl (C=O) groups excluding carboxylic acids is 1. The molecule has 0 spiro atoms. The maximum absolute atomic E-state index is 12.0. The summed E-state index contributed by atoms with van der Waals surface area (Å²) in [5.41, 5.74) is 1.80. The summed E-state index contributed by atoms with van der Waals surface area (Å²) in [7, 11) is 1.87. The molecule has 3 nitrogen and oxygen atoms in total. The Morgan fingerprint density at radius 2 is 2.36 bits per heavy atom. The van der Waals surface area contributed by atoms with Crippen molar-refractivity contribution in [3.05, 3.63) is 17.5 Å². The van der Waals surface area contributed by atoms with E-state index >= 15 is 0 Å². The summed E-state index contributed by atoms with van der Waals surface area (Å²) in [5.74, 6) is 0.589. The predicted molar refractivity (Wildman–Crippen MR) is 54.3 cm³/mol. The third-order valence-corrected chi connectivity index (χ3v) is 2.98. The Balaban J connectivity index is 2.24. The summed E-state index contributed by atoms with van der Waals surface area (Å²) in [5, 5.41) is 4.29. The van der Waals surface area contributed by atoms with Gasteiger partial charge >= 0.3 is 0 Å². The third-order valence-electron chi connectivity index (χ3n) is 2.98. The minimum absolute atomic E-state index is 0.282. The first kappa shape index (κ1) is 9.44. The van der Waals surface area contributed by atoms with Crippen molar-refractivity contribution >= 4 is 5.78 Å². The number of Topliss-reactive ketones (excluding diaryl/α,β-unsaturated/α-hetero) is 1. The molecule has 0 bridgehead atoms. The van der Waals surface area contributed by atoms with Crippen LogP contribution in [0.1, 0.15) is 42.2 Å². The number of ketones is 1. The number of nitrogens with zero attached hydrogens (tertiary/aromatic N) is 2. The smallest absolute Gasteiger partial charge is 0.169 e. The lowest BCUT2D eigenvalue weighted by Gasteiger charge is -2.23. The lowest BCUT2D eigenvalue weighted by molar-refractivity contribution is 0.0854. The van der Waals surface area contributed by atoms with Gasteiger partial charge in [-0.3, -0.25) is 9.48 Å². The molecule has 1 aliphatic carbocycles. The highest BCUT2D eigenvalue weighted by Crippen LogP contribution is 2.30. The molecule has 1 saturated carbocycles. The topological polar surface area (TPSA) is 34.9 Å². The summed E-state index contributed by atoms with van der Waals surface area (Å²) in [6.45, 7) is 2.04. The maximum atomic E-state index is 12.0. The fourth-order valence-electron chi connectivity index (χ4n) is 1.89. The molecular formula is C11H16N2O. The second-order valence-electron chi connectivity index (χ2n) is 4.01. The zero-order valence-electron chi connectivity index (χ0n) is 8.79. The largest absolute Gasteiger partial charge is 0.294 e. The molecule has 0 N–H and O–H groups in total. The SMILES string of the molecule is CCc1nn(C)cc1C(=O)C1CCC1. The first-order valence-electron chi connectivity index (χ1n) is 5.29. The number of hydrogen-bond acceptors (Lipinski definition) is 2. The number of aromatic nitrogens is 2. The molecule has 76 valence electrons. The summed E-state index contributed by atoms with van der Waals surface area (Å²) in [6.07, 6.45) is 6.04. The number of hydrogen-bond donors (Lipinski definition) is 0. The van der Waals surface area contributed by atoms with E-state index in [4.69, 9.17) is 0 Å². The van der Waals surface area contributed by atoms with E-state index in [0.717, 1.165) is 30.5 Å². The van der Waals surface area contributed by atoms with Crippen LogP contribution in [0.25, 0.3) is 0 Å². The van der Waals surface area contributed by atoms with E-state index in [9.17, 15) is 4.79 Å². The minimum Gasteiger partial charge on any atom is -0.294 e. The molecule has 3 heteroatoms. The fourth-order valence-corrected chi connectivity index (χ4v) is 1.89. The van der Waals surface area contributed by atoms with Crippen LogP contribution in [0.4, 0.5) is 0 Å². The Hall–Kier alpha value is -1.12. The van der Waals surface area contributed by atoms with Crippen molar-refractivity contribution in [3.8, 4) is 0 Å². The van der Waals surface area contributed by atoms with Crippen LogP contribution < -0.4 is 0 Å². The molecular weight excluding hydrogens is 176 g/mol. The quantitative estimate of drug-likeness (QED) is 0.686. The van der Waals surface area contributed by atoms with Crippen LogP contribution in [-0.2, 0) is 13.5 Å². The average molecular weight is 192 g/mol. The average Bonchev–Trinajstić information content (AvgIpc) is 2.43. The third kappa shape index (κ3) is 1.47. The first-order chi connectivity index (χ1) is 6.72. The van der Waals surface area contributed by atoms with Crippen molar-refractivity contribution in [3.63, 3.8) is 0 Å². The number of rotatable bonds is 3.